The van der Waals surface area contributed by atoms with Gasteiger partial charge in [-0.15, -0.1) is 0 Å². The van der Waals surface area contributed by atoms with Crippen molar-refractivity contribution in [1.29, 1.82) is 0 Å². The van der Waals surface area contributed by atoms with Crippen LogP contribution in [0.2, 0.25) is 0 Å². The molecule has 0 saturated carbocycles. The maximum atomic E-state index is 11.5. The molecule has 2 aromatic rings. The highest BCUT2D eigenvalue weighted by molar-refractivity contribution is 9.09. The molecule has 0 spiro atoms. The van der Waals surface area contributed by atoms with E-state index in [4.69, 9.17) is 34.2 Å². The molecular formula is C24H32BrN5O8. The Morgan fingerprint density at radius 2 is 1.26 bits per heavy atom. The molecule has 0 radical (unpaired) electrons. The summed E-state index contributed by atoms with van der Waals surface area (Å²) < 4.78 is 13.9. The van der Waals surface area contributed by atoms with Crippen LogP contribution in [0, 0.1) is 0 Å². The zero-order valence-corrected chi connectivity index (χ0v) is 23.4. The van der Waals surface area contributed by atoms with Crippen molar-refractivity contribution in [2.75, 3.05) is 25.1 Å². The molecule has 0 aliphatic carbocycles. The maximum absolute atomic E-state index is 11.5. The summed E-state index contributed by atoms with van der Waals surface area (Å²) in [5, 5.41) is 4.36. The molecule has 14 heteroatoms. The number of halogens is 1. The van der Waals surface area contributed by atoms with Crippen molar-refractivity contribution < 1.29 is 38.2 Å². The highest BCUT2D eigenvalue weighted by atomic mass is 79.9. The van der Waals surface area contributed by atoms with E-state index in [1.54, 1.807) is 13.1 Å². The van der Waals surface area contributed by atoms with Crippen LogP contribution in [-0.2, 0) is 54.6 Å². The Kier molecular flexibility index (Phi) is 22.3. The average Bonchev–Trinajstić information content (AvgIpc) is 3.50. The van der Waals surface area contributed by atoms with Crippen LogP contribution in [0.5, 0.6) is 0 Å². The van der Waals surface area contributed by atoms with E-state index in [0.29, 0.717) is 37.4 Å². The topological polar surface area (TPSA) is 179 Å². The van der Waals surface area contributed by atoms with Gasteiger partial charge >= 0.3 is 24.2 Å². The van der Waals surface area contributed by atoms with Gasteiger partial charge in [0.1, 0.15) is 0 Å². The summed E-state index contributed by atoms with van der Waals surface area (Å²) in [5.74, 6) is -0.551. The molecule has 0 bridgehead atoms. The Labute approximate surface area is 228 Å². The van der Waals surface area contributed by atoms with E-state index >= 15 is 0 Å². The van der Waals surface area contributed by atoms with Crippen molar-refractivity contribution in [2.45, 2.75) is 53.6 Å². The smallest absolute Gasteiger partial charge is 0.373 e. The lowest BCUT2D eigenvalue weighted by atomic mass is 10.3. The lowest BCUT2D eigenvalue weighted by Gasteiger charge is -2.03. The van der Waals surface area contributed by atoms with E-state index in [1.807, 2.05) is 36.7 Å². The molecule has 0 saturated heterocycles. The van der Waals surface area contributed by atoms with Gasteiger partial charge < -0.3 is 18.6 Å². The van der Waals surface area contributed by atoms with Gasteiger partial charge in [-0.05, 0) is 44.4 Å². The Bertz CT molecular complexity index is 1080. The van der Waals surface area contributed by atoms with Crippen LogP contribution in [0.15, 0.2) is 29.6 Å². The largest absolute Gasteiger partial charge is 0.462 e. The Morgan fingerprint density at radius 3 is 1.58 bits per heavy atom. The van der Waals surface area contributed by atoms with Crippen LogP contribution in [0.4, 0.5) is 0 Å². The van der Waals surface area contributed by atoms with Crippen molar-refractivity contribution in [1.82, 2.24) is 9.13 Å². The fourth-order valence-electron chi connectivity index (χ4n) is 3.07. The van der Waals surface area contributed by atoms with Gasteiger partial charge in [0, 0.05) is 53.7 Å². The van der Waals surface area contributed by atoms with Gasteiger partial charge in [0.15, 0.2) is 0 Å². The van der Waals surface area contributed by atoms with Crippen molar-refractivity contribution in [3.8, 4) is 0 Å². The fourth-order valence-corrected chi connectivity index (χ4v) is 3.45. The zero-order chi connectivity index (χ0) is 29.3. The van der Waals surface area contributed by atoms with Crippen LogP contribution >= 0.6 is 15.9 Å². The summed E-state index contributed by atoms with van der Waals surface area (Å²) in [5.41, 5.74) is 11.6. The summed E-state index contributed by atoms with van der Waals surface area (Å²) >= 11 is 3.39. The van der Waals surface area contributed by atoms with E-state index in [9.17, 15) is 9.59 Å². The minimum absolute atomic E-state index is 0.236. The maximum Gasteiger partial charge on any atom is 0.373 e. The van der Waals surface area contributed by atoms with Crippen LogP contribution in [0.3, 0.4) is 0 Å². The number of aryl methyl sites for hydroxylation is 3. The second-order valence-electron chi connectivity index (χ2n) is 6.79. The first-order valence-corrected chi connectivity index (χ1v) is 12.7. The van der Waals surface area contributed by atoms with Gasteiger partial charge in [-0.2, -0.15) is 19.2 Å². The standard InChI is InChI=1S/C11H16BrNO2.C11H16N4O2.2CO2/c1-3-10-7-9(11(14)15-4-2)8-13(10)6-5-12;1-3-10-7-9(11(16)17-4-2)8-15(10)6-5-13-14-12;2*2-1-3/h7-8H,3-6H2,1-2H3;7-8H,3-6H2,1-2H3;;. The van der Waals surface area contributed by atoms with Crippen molar-refractivity contribution in [3.05, 3.63) is 57.5 Å². The Morgan fingerprint density at radius 1 is 0.868 bits per heavy atom. The second kappa shape index (κ2) is 23.4. The molecular weight excluding hydrogens is 566 g/mol. The minimum Gasteiger partial charge on any atom is -0.462 e. The van der Waals surface area contributed by atoms with Gasteiger partial charge in [0.2, 0.25) is 0 Å². The van der Waals surface area contributed by atoms with Crippen LogP contribution in [0.1, 0.15) is 59.8 Å². The molecule has 2 aromatic heterocycles. The summed E-state index contributed by atoms with van der Waals surface area (Å²) in [6.45, 7) is 10.3. The number of azide groups is 1. The summed E-state index contributed by atoms with van der Waals surface area (Å²) in [6.07, 6.45) is 5.84. The number of esters is 2. The number of aromatic nitrogens is 2. The first-order valence-electron chi connectivity index (χ1n) is 11.6. The fraction of sp³-hybridized carbons (Fsp3) is 0.500. The highest BCUT2D eigenvalue weighted by Gasteiger charge is 2.12. The number of carbonyl (C=O) groups excluding carboxylic acids is 6. The highest BCUT2D eigenvalue weighted by Crippen LogP contribution is 2.12. The summed E-state index contributed by atoms with van der Waals surface area (Å²) in [6, 6.07) is 3.72. The van der Waals surface area contributed by atoms with E-state index < -0.39 is 0 Å². The SMILES string of the molecule is CCOC(=O)c1cc(CC)n(CCBr)c1.CCOC(=O)c1cc(CC)n(CCN=[N+]=[N-])c1.O=C=O.O=C=O. The molecule has 0 amide bonds. The number of hydrogen-bond donors (Lipinski definition) is 0. The first kappa shape index (κ1) is 36.2. The van der Waals surface area contributed by atoms with Gasteiger partial charge in [0.25, 0.3) is 0 Å². The molecule has 0 N–H and O–H groups in total. The number of hydrogen-bond acceptors (Lipinski definition) is 9. The number of ether oxygens (including phenoxy) is 2. The van der Waals surface area contributed by atoms with E-state index in [2.05, 4.69) is 37.4 Å². The summed E-state index contributed by atoms with van der Waals surface area (Å²) in [4.78, 5) is 58.2. The molecule has 208 valence electrons. The predicted octanol–water partition coefficient (Wildman–Crippen LogP) is 3.99. The number of rotatable bonds is 11. The molecule has 0 aromatic carbocycles. The summed E-state index contributed by atoms with van der Waals surface area (Å²) in [7, 11) is 0. The van der Waals surface area contributed by atoms with Gasteiger partial charge in [-0.3, -0.25) is 0 Å². The van der Waals surface area contributed by atoms with Crippen molar-refractivity contribution in [2.24, 2.45) is 5.11 Å². The van der Waals surface area contributed by atoms with Crippen LogP contribution < -0.4 is 0 Å². The molecule has 0 atom stereocenters. The Balaban J connectivity index is 0. The lowest BCUT2D eigenvalue weighted by molar-refractivity contribution is -0.193. The number of alkyl halides is 1. The van der Waals surface area contributed by atoms with Gasteiger partial charge in [-0.25, -0.2) is 9.59 Å². The third kappa shape index (κ3) is 14.6. The first-order chi connectivity index (χ1) is 18.3. The number of nitrogens with zero attached hydrogens (tertiary/aromatic N) is 5. The zero-order valence-electron chi connectivity index (χ0n) is 21.8. The monoisotopic (exact) mass is 597 g/mol. The molecule has 13 nitrogen and oxygen atoms in total. The molecule has 38 heavy (non-hydrogen) atoms. The van der Waals surface area contributed by atoms with Crippen LogP contribution in [0.25, 0.3) is 10.4 Å². The van der Waals surface area contributed by atoms with Crippen LogP contribution in [-0.4, -0.2) is 58.5 Å². The van der Waals surface area contributed by atoms with Gasteiger partial charge in [0.05, 0.1) is 24.3 Å². The predicted molar refractivity (Wildman–Crippen MR) is 137 cm³/mol. The molecule has 0 aliphatic rings. The third-order valence-electron chi connectivity index (χ3n) is 4.55. The van der Waals surface area contributed by atoms with Crippen molar-refractivity contribution >= 4 is 40.2 Å². The third-order valence-corrected chi connectivity index (χ3v) is 4.90. The molecule has 0 aliphatic heterocycles. The lowest BCUT2D eigenvalue weighted by Crippen LogP contribution is -2.04. The molecule has 0 unspecified atom stereocenters. The number of carbonyl (C=O) groups is 2. The molecule has 0 fully saturated rings. The molecule has 2 heterocycles. The average molecular weight is 598 g/mol. The molecule has 2 rings (SSSR count). The normalized spacial score (nSPS) is 8.87. The van der Waals surface area contributed by atoms with E-state index in [0.717, 1.165) is 36.1 Å². The van der Waals surface area contributed by atoms with Crippen molar-refractivity contribution in [3.63, 3.8) is 0 Å². The minimum atomic E-state index is -0.315. The van der Waals surface area contributed by atoms with Gasteiger partial charge in [-0.1, -0.05) is 34.9 Å². The Hall–Kier alpha value is -3.95. The second-order valence-corrected chi connectivity index (χ2v) is 7.58. The quantitative estimate of drug-likeness (QED) is 0.122. The van der Waals surface area contributed by atoms with E-state index in [1.165, 1.54) is 0 Å². The van der Waals surface area contributed by atoms with E-state index in [-0.39, 0.29) is 24.2 Å².